The molecule has 1 aliphatic rings. The summed E-state index contributed by atoms with van der Waals surface area (Å²) in [4.78, 5) is 23.1. The molecule has 1 atom stereocenters. The van der Waals surface area contributed by atoms with E-state index in [-0.39, 0.29) is 18.0 Å². The van der Waals surface area contributed by atoms with Crippen molar-refractivity contribution in [3.63, 3.8) is 0 Å². The van der Waals surface area contributed by atoms with Crippen molar-refractivity contribution < 1.29 is 9.63 Å². The van der Waals surface area contributed by atoms with Gasteiger partial charge in [-0.25, -0.2) is 9.31 Å². The molecule has 2 amide bonds. The van der Waals surface area contributed by atoms with Gasteiger partial charge in [0.25, 0.3) is 0 Å². The number of rotatable bonds is 4. The van der Waals surface area contributed by atoms with Crippen molar-refractivity contribution in [3.8, 4) is 11.1 Å². The van der Waals surface area contributed by atoms with Crippen LogP contribution >= 0.6 is 0 Å². The van der Waals surface area contributed by atoms with Crippen molar-refractivity contribution >= 4 is 23.3 Å². The summed E-state index contributed by atoms with van der Waals surface area (Å²) < 4.78 is 1.64. The van der Waals surface area contributed by atoms with Crippen LogP contribution in [0.5, 0.6) is 0 Å². The number of carbonyl (C=O) groups is 1. The van der Waals surface area contributed by atoms with E-state index in [0.717, 1.165) is 40.8 Å². The minimum atomic E-state index is -0.274. The highest BCUT2D eigenvalue weighted by Crippen LogP contribution is 2.32. The van der Waals surface area contributed by atoms with E-state index in [1.165, 1.54) is 5.06 Å². The molecule has 3 heterocycles. The second-order valence-electron chi connectivity index (χ2n) is 7.72. The number of aryl methyl sites for hydroxylation is 1. The smallest absolute Gasteiger partial charge is 0.346 e. The number of nitrogens with one attached hydrogen (secondary N) is 1. The molecule has 32 heavy (non-hydrogen) atoms. The van der Waals surface area contributed by atoms with E-state index in [2.05, 4.69) is 22.3 Å². The van der Waals surface area contributed by atoms with E-state index >= 15 is 0 Å². The fraction of sp³-hybridized carbons (Fsp3) is 0.208. The third-order valence-corrected chi connectivity index (χ3v) is 5.71. The van der Waals surface area contributed by atoms with Crippen LogP contribution in [0.25, 0.3) is 16.8 Å². The third kappa shape index (κ3) is 3.76. The van der Waals surface area contributed by atoms with Crippen molar-refractivity contribution in [2.75, 3.05) is 17.7 Å². The second kappa shape index (κ2) is 8.32. The monoisotopic (exact) mass is 428 g/mol. The molecule has 0 bridgehead atoms. The number of nitrogens with zero attached hydrogens (tertiary/aromatic N) is 4. The number of carbonyl (C=O) groups excluding carboxylic acids is 1. The summed E-state index contributed by atoms with van der Waals surface area (Å²) in [7, 11) is 0. The quantitative estimate of drug-likeness (QED) is 0.500. The Morgan fingerprint density at radius 1 is 1.16 bits per heavy atom. The number of hydrogen-bond donors (Lipinski definition) is 2. The number of hydrogen-bond acceptors (Lipinski definition) is 5. The Kier molecular flexibility index (Phi) is 5.20. The first-order valence-electron chi connectivity index (χ1n) is 10.7. The summed E-state index contributed by atoms with van der Waals surface area (Å²) in [5, 5.41) is 8.63. The molecule has 0 aliphatic carbocycles. The van der Waals surface area contributed by atoms with Gasteiger partial charge < -0.3 is 11.1 Å². The van der Waals surface area contributed by atoms with Crippen LogP contribution in [0.2, 0.25) is 0 Å². The molecule has 8 heteroatoms. The van der Waals surface area contributed by atoms with Crippen LogP contribution in [0.15, 0.2) is 66.9 Å². The normalized spacial score (nSPS) is 15.9. The molecular formula is C24H24N6O2. The minimum absolute atomic E-state index is 0.106. The molecule has 5 rings (SSSR count). The average molecular weight is 428 g/mol. The predicted octanol–water partition coefficient (Wildman–Crippen LogP) is 4.45. The number of aromatic nitrogens is 3. The lowest BCUT2D eigenvalue weighted by molar-refractivity contribution is -0.0829. The van der Waals surface area contributed by atoms with Crippen LogP contribution in [-0.4, -0.2) is 32.3 Å². The number of fused-ring (bicyclic) bond motifs is 1. The van der Waals surface area contributed by atoms with Crippen molar-refractivity contribution in [2.24, 2.45) is 0 Å². The summed E-state index contributed by atoms with van der Waals surface area (Å²) in [6.45, 7) is 2.57. The molecule has 0 radical (unpaired) electrons. The van der Waals surface area contributed by atoms with Gasteiger partial charge in [0.1, 0.15) is 0 Å². The predicted molar refractivity (Wildman–Crippen MR) is 123 cm³/mol. The first kappa shape index (κ1) is 20.0. The zero-order valence-electron chi connectivity index (χ0n) is 17.7. The third-order valence-electron chi connectivity index (χ3n) is 5.71. The minimum Gasteiger partial charge on any atom is -0.366 e. The Labute approximate surface area is 185 Å². The van der Waals surface area contributed by atoms with E-state index in [0.29, 0.717) is 12.3 Å². The Morgan fingerprint density at radius 3 is 2.78 bits per heavy atom. The molecule has 2 aromatic carbocycles. The highest BCUT2D eigenvalue weighted by Gasteiger charge is 2.32. The van der Waals surface area contributed by atoms with Crippen molar-refractivity contribution in [2.45, 2.75) is 25.8 Å². The molecule has 2 aromatic heterocycles. The van der Waals surface area contributed by atoms with Crippen molar-refractivity contribution in [1.29, 1.82) is 0 Å². The lowest BCUT2D eigenvalue weighted by Gasteiger charge is -2.24. The van der Waals surface area contributed by atoms with Gasteiger partial charge in [-0.2, -0.15) is 10.0 Å². The lowest BCUT2D eigenvalue weighted by atomic mass is 10.0. The summed E-state index contributed by atoms with van der Waals surface area (Å²) >= 11 is 0. The Morgan fingerprint density at radius 2 is 1.97 bits per heavy atom. The van der Waals surface area contributed by atoms with E-state index in [1.807, 2.05) is 66.9 Å². The summed E-state index contributed by atoms with van der Waals surface area (Å²) in [5.74, 6) is 0.231. The number of urea groups is 1. The summed E-state index contributed by atoms with van der Waals surface area (Å²) in [5.41, 5.74) is 11.2. The molecular weight excluding hydrogens is 404 g/mol. The topological polar surface area (TPSA) is 97.8 Å². The zero-order chi connectivity index (χ0) is 22.1. The first-order chi connectivity index (χ1) is 15.6. The Hall–Kier alpha value is -3.91. The van der Waals surface area contributed by atoms with Crippen LogP contribution in [0.3, 0.4) is 0 Å². The zero-order valence-corrected chi connectivity index (χ0v) is 17.7. The van der Waals surface area contributed by atoms with E-state index in [9.17, 15) is 4.79 Å². The Balaban J connectivity index is 1.43. The maximum Gasteiger partial charge on any atom is 0.346 e. The molecule has 1 fully saturated rings. The molecule has 1 aliphatic heterocycles. The maximum atomic E-state index is 13.1. The Bertz CT molecular complexity index is 1270. The maximum absolute atomic E-state index is 13.1. The molecule has 0 saturated carbocycles. The van der Waals surface area contributed by atoms with Crippen LogP contribution in [-0.2, 0) is 11.3 Å². The largest absolute Gasteiger partial charge is 0.366 e. The van der Waals surface area contributed by atoms with Crippen molar-refractivity contribution in [3.05, 3.63) is 78.0 Å². The summed E-state index contributed by atoms with van der Waals surface area (Å²) in [6.07, 6.45) is 3.38. The molecule has 3 N–H and O–H groups in total. The molecule has 1 saturated heterocycles. The number of hydroxylamine groups is 2. The fourth-order valence-electron chi connectivity index (χ4n) is 4.08. The number of benzene rings is 2. The molecule has 4 aromatic rings. The SMILES string of the molecule is CCc1ccc(-c2ccn3nc(N)nc3c2)cc1NC(=O)N1OCCC1c1ccccc1. The van der Waals surface area contributed by atoms with Gasteiger partial charge in [0.05, 0.1) is 12.6 Å². The second-order valence-corrected chi connectivity index (χ2v) is 7.72. The standard InChI is InChI=1S/C24H24N6O2/c1-2-16-8-9-18(19-10-12-29-22(15-19)27-23(25)28-29)14-20(16)26-24(31)30-21(11-13-32-30)17-6-4-3-5-7-17/h3-10,12,14-15,21H,2,11,13H2,1H3,(H2,25,28)(H,26,31). The van der Waals surface area contributed by atoms with E-state index < -0.39 is 0 Å². The summed E-state index contributed by atoms with van der Waals surface area (Å²) in [6, 6.07) is 19.5. The van der Waals surface area contributed by atoms with Gasteiger partial charge >= 0.3 is 6.03 Å². The molecule has 8 nitrogen and oxygen atoms in total. The van der Waals surface area contributed by atoms with Gasteiger partial charge in [0.15, 0.2) is 5.65 Å². The molecule has 162 valence electrons. The van der Waals surface area contributed by atoms with Crippen LogP contribution in [0.1, 0.15) is 30.5 Å². The van der Waals surface area contributed by atoms with Gasteiger partial charge in [0.2, 0.25) is 5.95 Å². The van der Waals surface area contributed by atoms with Gasteiger partial charge in [-0.15, -0.1) is 5.10 Å². The van der Waals surface area contributed by atoms with Gasteiger partial charge in [-0.05, 0) is 46.9 Å². The van der Waals surface area contributed by atoms with Gasteiger partial charge in [0, 0.05) is 18.3 Å². The van der Waals surface area contributed by atoms with E-state index in [4.69, 9.17) is 10.6 Å². The first-order valence-corrected chi connectivity index (χ1v) is 10.7. The van der Waals surface area contributed by atoms with Crippen molar-refractivity contribution in [1.82, 2.24) is 19.7 Å². The number of amides is 2. The number of pyridine rings is 1. The molecule has 1 unspecified atom stereocenters. The van der Waals surface area contributed by atoms with Gasteiger partial charge in [-0.3, -0.25) is 4.84 Å². The molecule has 0 spiro atoms. The number of nitrogens with two attached hydrogens (primary N) is 1. The highest BCUT2D eigenvalue weighted by molar-refractivity contribution is 5.91. The number of anilines is 2. The van der Waals surface area contributed by atoms with Crippen LogP contribution in [0, 0.1) is 0 Å². The number of nitrogen functional groups attached to an aromatic ring is 1. The van der Waals surface area contributed by atoms with Crippen LogP contribution < -0.4 is 11.1 Å². The highest BCUT2D eigenvalue weighted by atomic mass is 16.7. The van der Waals surface area contributed by atoms with Gasteiger partial charge in [-0.1, -0.05) is 49.4 Å². The fourth-order valence-corrected chi connectivity index (χ4v) is 4.08. The van der Waals surface area contributed by atoms with E-state index in [1.54, 1.807) is 4.52 Å². The average Bonchev–Trinajstić information content (AvgIpc) is 3.45. The lowest BCUT2D eigenvalue weighted by Crippen LogP contribution is -2.33. The van der Waals surface area contributed by atoms with Crippen LogP contribution in [0.4, 0.5) is 16.4 Å².